The summed E-state index contributed by atoms with van der Waals surface area (Å²) in [6.07, 6.45) is 3.87. The van der Waals surface area contributed by atoms with Gasteiger partial charge in [-0.3, -0.25) is 9.36 Å². The van der Waals surface area contributed by atoms with E-state index in [0.717, 1.165) is 16.5 Å². The minimum Gasteiger partial charge on any atom is -0.493 e. The summed E-state index contributed by atoms with van der Waals surface area (Å²) in [7, 11) is 6.53. The Hall–Kier alpha value is -4.31. The molecular formula is C29H29N3O6S. The van der Waals surface area contributed by atoms with Crippen LogP contribution in [0.5, 0.6) is 17.2 Å². The van der Waals surface area contributed by atoms with E-state index >= 15 is 0 Å². The molecule has 0 saturated heterocycles. The molecule has 1 aliphatic heterocycles. The van der Waals surface area contributed by atoms with Crippen molar-refractivity contribution in [3.63, 3.8) is 0 Å². The zero-order valence-corrected chi connectivity index (χ0v) is 23.4. The van der Waals surface area contributed by atoms with Crippen LogP contribution in [0.1, 0.15) is 31.0 Å². The maximum absolute atomic E-state index is 14.0. The summed E-state index contributed by atoms with van der Waals surface area (Å²) in [5, 5.41) is 1.04. The van der Waals surface area contributed by atoms with E-state index in [9.17, 15) is 9.59 Å². The van der Waals surface area contributed by atoms with Crippen LogP contribution in [0.3, 0.4) is 0 Å². The Labute approximate surface area is 228 Å². The van der Waals surface area contributed by atoms with Crippen molar-refractivity contribution in [1.29, 1.82) is 0 Å². The van der Waals surface area contributed by atoms with Gasteiger partial charge in [0, 0.05) is 29.7 Å². The van der Waals surface area contributed by atoms with Gasteiger partial charge in [0.2, 0.25) is 5.75 Å². The maximum atomic E-state index is 14.0. The highest BCUT2D eigenvalue weighted by Crippen LogP contribution is 2.42. The number of rotatable bonds is 7. The number of thiazole rings is 1. The van der Waals surface area contributed by atoms with Crippen molar-refractivity contribution < 1.29 is 23.7 Å². The molecular weight excluding hydrogens is 518 g/mol. The van der Waals surface area contributed by atoms with Gasteiger partial charge in [0.25, 0.3) is 5.56 Å². The number of aromatic nitrogens is 2. The first-order chi connectivity index (χ1) is 18.8. The van der Waals surface area contributed by atoms with Crippen molar-refractivity contribution >= 4 is 34.3 Å². The van der Waals surface area contributed by atoms with Crippen LogP contribution in [0.25, 0.3) is 17.0 Å². The number of methoxy groups -OCH3 is 3. The van der Waals surface area contributed by atoms with Crippen LogP contribution in [-0.4, -0.2) is 43.0 Å². The van der Waals surface area contributed by atoms with Crippen LogP contribution in [-0.2, 0) is 16.6 Å². The standard InChI is InChI=1S/C29H29N3O6S/c1-7-38-28(34)24-16(2)30-29-32(25(24)17-12-21(35-4)26(37-6)22(13-17)36-5)27(33)23(39-29)14-18-15-31(3)20-11-9-8-10-19(18)20/h8-15,25H,7H2,1-6H3/b23-14-/t25-/m1/s1. The molecule has 0 N–H and O–H groups in total. The van der Waals surface area contributed by atoms with E-state index in [0.29, 0.717) is 37.8 Å². The fourth-order valence-electron chi connectivity index (χ4n) is 5.00. The van der Waals surface area contributed by atoms with E-state index in [-0.39, 0.29) is 17.7 Å². The molecule has 0 spiro atoms. The zero-order valence-electron chi connectivity index (χ0n) is 22.6. The van der Waals surface area contributed by atoms with Gasteiger partial charge in [0.05, 0.1) is 49.8 Å². The van der Waals surface area contributed by atoms with E-state index in [1.807, 2.05) is 48.2 Å². The monoisotopic (exact) mass is 547 g/mol. The first-order valence-corrected chi connectivity index (χ1v) is 13.2. The zero-order chi connectivity index (χ0) is 27.8. The molecule has 0 radical (unpaired) electrons. The van der Waals surface area contributed by atoms with E-state index in [1.54, 1.807) is 30.5 Å². The molecule has 0 unspecified atom stereocenters. The second-order valence-electron chi connectivity index (χ2n) is 8.97. The molecule has 3 heterocycles. The summed E-state index contributed by atoms with van der Waals surface area (Å²) in [6.45, 7) is 3.67. The highest BCUT2D eigenvalue weighted by molar-refractivity contribution is 7.07. The van der Waals surface area contributed by atoms with E-state index in [2.05, 4.69) is 4.99 Å². The highest BCUT2D eigenvalue weighted by Gasteiger charge is 2.34. The Bertz CT molecular complexity index is 1790. The Morgan fingerprint density at radius 2 is 1.79 bits per heavy atom. The van der Waals surface area contributed by atoms with Crippen molar-refractivity contribution in [3.8, 4) is 17.2 Å². The number of benzene rings is 2. The van der Waals surface area contributed by atoms with Crippen molar-refractivity contribution in [2.45, 2.75) is 19.9 Å². The van der Waals surface area contributed by atoms with Crippen LogP contribution in [0.4, 0.5) is 0 Å². The molecule has 0 saturated carbocycles. The Morgan fingerprint density at radius 3 is 2.44 bits per heavy atom. The van der Waals surface area contributed by atoms with Crippen molar-refractivity contribution in [1.82, 2.24) is 9.13 Å². The summed E-state index contributed by atoms with van der Waals surface area (Å²) in [5.41, 5.74) is 3.07. The summed E-state index contributed by atoms with van der Waals surface area (Å²) in [5.74, 6) is 0.677. The number of allylic oxidation sites excluding steroid dienone is 1. The van der Waals surface area contributed by atoms with Crippen LogP contribution in [0.2, 0.25) is 0 Å². The van der Waals surface area contributed by atoms with Gasteiger partial charge in [0.15, 0.2) is 16.3 Å². The minimum atomic E-state index is -0.816. The van der Waals surface area contributed by atoms with Gasteiger partial charge in [0.1, 0.15) is 0 Å². The number of ether oxygens (including phenoxy) is 4. The number of nitrogens with zero attached hydrogens (tertiary/aromatic N) is 3. The van der Waals surface area contributed by atoms with Gasteiger partial charge < -0.3 is 23.5 Å². The molecule has 10 heteroatoms. The molecule has 4 aromatic rings. The normalized spacial score (nSPS) is 15.2. The molecule has 202 valence electrons. The predicted octanol–water partition coefficient (Wildman–Crippen LogP) is 3.32. The lowest BCUT2D eigenvalue weighted by Gasteiger charge is -2.26. The van der Waals surface area contributed by atoms with Crippen molar-refractivity contribution in [2.75, 3.05) is 27.9 Å². The molecule has 2 aromatic heterocycles. The van der Waals surface area contributed by atoms with Crippen LogP contribution in [0, 0.1) is 0 Å². The predicted molar refractivity (Wildman–Crippen MR) is 149 cm³/mol. The van der Waals surface area contributed by atoms with Gasteiger partial charge in [-0.15, -0.1) is 0 Å². The van der Waals surface area contributed by atoms with Crippen molar-refractivity contribution in [3.05, 3.63) is 84.7 Å². The molecule has 0 bridgehead atoms. The molecule has 5 rings (SSSR count). The Kier molecular flexibility index (Phi) is 7.05. The second-order valence-corrected chi connectivity index (χ2v) is 9.98. The summed E-state index contributed by atoms with van der Waals surface area (Å²) >= 11 is 1.28. The lowest BCUT2D eigenvalue weighted by molar-refractivity contribution is -0.139. The van der Waals surface area contributed by atoms with Crippen LogP contribution in [0.15, 0.2) is 63.7 Å². The smallest absolute Gasteiger partial charge is 0.338 e. The summed E-state index contributed by atoms with van der Waals surface area (Å²) < 4.78 is 26.1. The number of para-hydroxylation sites is 1. The third-order valence-corrected chi connectivity index (χ3v) is 7.72. The number of carbonyl (C=O) groups is 1. The largest absolute Gasteiger partial charge is 0.493 e. The number of carbonyl (C=O) groups excluding carboxylic acids is 1. The molecule has 9 nitrogen and oxygen atoms in total. The molecule has 0 fully saturated rings. The molecule has 0 aliphatic carbocycles. The number of aryl methyl sites for hydroxylation is 1. The van der Waals surface area contributed by atoms with E-state index in [1.165, 1.54) is 32.7 Å². The van der Waals surface area contributed by atoms with Gasteiger partial charge >= 0.3 is 5.97 Å². The fraction of sp³-hybridized carbons (Fsp3) is 0.276. The van der Waals surface area contributed by atoms with Gasteiger partial charge in [-0.1, -0.05) is 29.5 Å². The highest BCUT2D eigenvalue weighted by atomic mass is 32.1. The van der Waals surface area contributed by atoms with Crippen LogP contribution >= 0.6 is 11.3 Å². The van der Waals surface area contributed by atoms with E-state index in [4.69, 9.17) is 18.9 Å². The lowest BCUT2D eigenvalue weighted by Crippen LogP contribution is -2.40. The first kappa shape index (κ1) is 26.3. The average molecular weight is 548 g/mol. The average Bonchev–Trinajstić information content (AvgIpc) is 3.42. The Morgan fingerprint density at radius 1 is 1.10 bits per heavy atom. The van der Waals surface area contributed by atoms with Gasteiger partial charge in [-0.2, -0.15) is 0 Å². The fourth-order valence-corrected chi connectivity index (χ4v) is 6.03. The minimum absolute atomic E-state index is 0.184. The topological polar surface area (TPSA) is 93.3 Å². The number of hydrogen-bond donors (Lipinski definition) is 0. The quantitative estimate of drug-likeness (QED) is 0.330. The third-order valence-electron chi connectivity index (χ3n) is 6.73. The van der Waals surface area contributed by atoms with E-state index < -0.39 is 12.0 Å². The number of hydrogen-bond acceptors (Lipinski definition) is 8. The first-order valence-electron chi connectivity index (χ1n) is 12.4. The molecule has 2 aromatic carbocycles. The maximum Gasteiger partial charge on any atom is 0.338 e. The SMILES string of the molecule is CCOC(=O)C1=C(C)N=c2s/c(=C\c3cn(C)c4ccccc34)c(=O)n2[C@@H]1c1cc(OC)c(OC)c(OC)c1. The lowest BCUT2D eigenvalue weighted by atomic mass is 9.95. The number of esters is 1. The van der Waals surface area contributed by atoms with Gasteiger partial charge in [-0.05, 0) is 43.7 Å². The molecule has 1 atom stereocenters. The van der Waals surface area contributed by atoms with Crippen molar-refractivity contribution in [2.24, 2.45) is 12.0 Å². The molecule has 0 amide bonds. The second kappa shape index (κ2) is 10.5. The van der Waals surface area contributed by atoms with Crippen LogP contribution < -0.4 is 29.1 Å². The summed E-state index contributed by atoms with van der Waals surface area (Å²) in [6, 6.07) is 10.7. The third kappa shape index (κ3) is 4.40. The molecule has 39 heavy (non-hydrogen) atoms. The Balaban J connectivity index is 1.79. The van der Waals surface area contributed by atoms with Gasteiger partial charge in [-0.25, -0.2) is 9.79 Å². The summed E-state index contributed by atoms with van der Waals surface area (Å²) in [4.78, 5) is 32.4. The molecule has 1 aliphatic rings. The number of fused-ring (bicyclic) bond motifs is 2.